The molecular weight excluding hydrogens is 278 g/mol. The second-order valence-corrected chi connectivity index (χ2v) is 6.35. The Labute approximate surface area is 137 Å². The van der Waals surface area contributed by atoms with Crippen molar-refractivity contribution in [3.05, 3.63) is 101 Å². The molecule has 1 aliphatic carbocycles. The summed E-state index contributed by atoms with van der Waals surface area (Å²) in [6, 6.07) is 26.0. The van der Waals surface area contributed by atoms with Crippen molar-refractivity contribution in [3.63, 3.8) is 0 Å². The fourth-order valence-electron chi connectivity index (χ4n) is 3.80. The Morgan fingerprint density at radius 2 is 1.22 bits per heavy atom. The average Bonchev–Trinajstić information content (AvgIpc) is 2.75. The quantitative estimate of drug-likeness (QED) is 0.679. The SMILES string of the molecule is Nc1ccccc1CC1c2ccccc2CCc2ccccc21. The first-order chi connectivity index (χ1) is 11.3. The molecule has 0 aliphatic heterocycles. The lowest BCUT2D eigenvalue weighted by molar-refractivity contribution is 0.801. The van der Waals surface area contributed by atoms with Crippen molar-refractivity contribution in [2.24, 2.45) is 0 Å². The summed E-state index contributed by atoms with van der Waals surface area (Å²) in [6.45, 7) is 0. The van der Waals surface area contributed by atoms with Crippen LogP contribution in [0.2, 0.25) is 0 Å². The van der Waals surface area contributed by atoms with Crippen LogP contribution in [0.25, 0.3) is 0 Å². The van der Waals surface area contributed by atoms with Crippen molar-refractivity contribution in [2.45, 2.75) is 25.2 Å². The predicted molar refractivity (Wildman–Crippen MR) is 96.7 cm³/mol. The zero-order valence-corrected chi connectivity index (χ0v) is 13.2. The third-order valence-electron chi connectivity index (χ3n) is 5.00. The number of benzene rings is 3. The van der Waals surface area contributed by atoms with Crippen molar-refractivity contribution < 1.29 is 0 Å². The largest absolute Gasteiger partial charge is 0.399 e. The summed E-state index contributed by atoms with van der Waals surface area (Å²) in [5.41, 5.74) is 14.2. The van der Waals surface area contributed by atoms with E-state index in [9.17, 15) is 0 Å². The van der Waals surface area contributed by atoms with Gasteiger partial charge in [-0.05, 0) is 53.1 Å². The summed E-state index contributed by atoms with van der Waals surface area (Å²) in [4.78, 5) is 0. The van der Waals surface area contributed by atoms with Crippen molar-refractivity contribution in [1.82, 2.24) is 0 Å². The van der Waals surface area contributed by atoms with Gasteiger partial charge in [0.25, 0.3) is 0 Å². The Kier molecular flexibility index (Phi) is 3.63. The normalized spacial score (nSPS) is 13.9. The fraction of sp³-hybridized carbons (Fsp3) is 0.182. The van der Waals surface area contributed by atoms with E-state index in [1.807, 2.05) is 12.1 Å². The molecular formula is C22H21N. The Bertz CT molecular complexity index is 787. The van der Waals surface area contributed by atoms with Gasteiger partial charge in [-0.15, -0.1) is 0 Å². The number of rotatable bonds is 2. The molecule has 4 rings (SSSR count). The van der Waals surface area contributed by atoms with Gasteiger partial charge in [0, 0.05) is 11.6 Å². The van der Waals surface area contributed by atoms with E-state index in [2.05, 4.69) is 60.7 Å². The topological polar surface area (TPSA) is 26.0 Å². The van der Waals surface area contributed by atoms with Crippen LogP contribution in [0, 0.1) is 0 Å². The molecule has 3 aromatic carbocycles. The van der Waals surface area contributed by atoms with E-state index in [-0.39, 0.29) is 0 Å². The van der Waals surface area contributed by atoms with E-state index >= 15 is 0 Å². The molecule has 0 saturated heterocycles. The highest BCUT2D eigenvalue weighted by molar-refractivity contribution is 5.51. The molecule has 2 N–H and O–H groups in total. The zero-order chi connectivity index (χ0) is 15.6. The van der Waals surface area contributed by atoms with Crippen LogP contribution in [0.5, 0.6) is 0 Å². The zero-order valence-electron chi connectivity index (χ0n) is 13.2. The minimum atomic E-state index is 0.384. The maximum Gasteiger partial charge on any atom is 0.0346 e. The Morgan fingerprint density at radius 3 is 1.83 bits per heavy atom. The number of fused-ring (bicyclic) bond motifs is 2. The van der Waals surface area contributed by atoms with Crippen LogP contribution in [0.4, 0.5) is 5.69 Å². The molecule has 0 aromatic heterocycles. The van der Waals surface area contributed by atoms with Gasteiger partial charge in [-0.2, -0.15) is 0 Å². The molecule has 0 unspecified atom stereocenters. The summed E-state index contributed by atoms with van der Waals surface area (Å²) < 4.78 is 0. The average molecular weight is 299 g/mol. The molecule has 0 radical (unpaired) electrons. The summed E-state index contributed by atoms with van der Waals surface area (Å²) in [6.07, 6.45) is 3.20. The van der Waals surface area contributed by atoms with Gasteiger partial charge in [0.15, 0.2) is 0 Å². The molecule has 0 fully saturated rings. The van der Waals surface area contributed by atoms with E-state index in [1.165, 1.54) is 27.8 Å². The molecule has 23 heavy (non-hydrogen) atoms. The highest BCUT2D eigenvalue weighted by atomic mass is 14.6. The molecule has 0 amide bonds. The highest BCUT2D eigenvalue weighted by Crippen LogP contribution is 2.37. The number of hydrogen-bond donors (Lipinski definition) is 1. The van der Waals surface area contributed by atoms with Crippen LogP contribution >= 0.6 is 0 Å². The fourth-order valence-corrected chi connectivity index (χ4v) is 3.80. The smallest absolute Gasteiger partial charge is 0.0346 e. The number of aryl methyl sites for hydroxylation is 2. The number of nitrogens with two attached hydrogens (primary N) is 1. The second-order valence-electron chi connectivity index (χ2n) is 6.35. The number of hydrogen-bond acceptors (Lipinski definition) is 1. The Morgan fingerprint density at radius 1 is 0.696 bits per heavy atom. The summed E-state index contributed by atoms with van der Waals surface area (Å²) in [5.74, 6) is 0.384. The van der Waals surface area contributed by atoms with Crippen LogP contribution in [-0.4, -0.2) is 0 Å². The molecule has 0 heterocycles. The highest BCUT2D eigenvalue weighted by Gasteiger charge is 2.23. The molecule has 3 aromatic rings. The van der Waals surface area contributed by atoms with Gasteiger partial charge < -0.3 is 5.73 Å². The first-order valence-electron chi connectivity index (χ1n) is 8.32. The lowest BCUT2D eigenvalue weighted by Gasteiger charge is -2.21. The van der Waals surface area contributed by atoms with E-state index in [4.69, 9.17) is 5.73 Å². The van der Waals surface area contributed by atoms with E-state index in [1.54, 1.807) is 0 Å². The third-order valence-corrected chi connectivity index (χ3v) is 5.00. The van der Waals surface area contributed by atoms with Crippen molar-refractivity contribution in [1.29, 1.82) is 0 Å². The number of nitrogen functional groups attached to an aromatic ring is 1. The minimum absolute atomic E-state index is 0.384. The van der Waals surface area contributed by atoms with Gasteiger partial charge in [0.1, 0.15) is 0 Å². The van der Waals surface area contributed by atoms with Crippen LogP contribution < -0.4 is 5.73 Å². The lowest BCUT2D eigenvalue weighted by Crippen LogP contribution is -2.08. The number of para-hydroxylation sites is 1. The number of anilines is 1. The Hall–Kier alpha value is -2.54. The maximum absolute atomic E-state index is 6.22. The van der Waals surface area contributed by atoms with Crippen molar-refractivity contribution in [2.75, 3.05) is 5.73 Å². The predicted octanol–water partition coefficient (Wildman–Crippen LogP) is 4.74. The summed E-state index contributed by atoms with van der Waals surface area (Å²) in [5, 5.41) is 0. The molecule has 1 heteroatoms. The monoisotopic (exact) mass is 299 g/mol. The maximum atomic E-state index is 6.22. The molecule has 0 saturated carbocycles. The van der Waals surface area contributed by atoms with Crippen LogP contribution in [0.1, 0.15) is 33.7 Å². The minimum Gasteiger partial charge on any atom is -0.399 e. The van der Waals surface area contributed by atoms with Crippen LogP contribution in [-0.2, 0) is 19.3 Å². The second kappa shape index (κ2) is 5.92. The molecule has 0 atom stereocenters. The van der Waals surface area contributed by atoms with Crippen molar-refractivity contribution >= 4 is 5.69 Å². The summed E-state index contributed by atoms with van der Waals surface area (Å²) >= 11 is 0. The third kappa shape index (κ3) is 2.63. The molecule has 0 bridgehead atoms. The van der Waals surface area contributed by atoms with Gasteiger partial charge in [-0.1, -0.05) is 66.7 Å². The first-order valence-corrected chi connectivity index (χ1v) is 8.32. The molecule has 1 aliphatic rings. The van der Waals surface area contributed by atoms with E-state index in [0.29, 0.717) is 5.92 Å². The standard InChI is InChI=1S/C22H21N/c23-22-12-6-3-9-18(22)15-21-19-10-4-1-7-16(19)13-14-17-8-2-5-11-20(17)21/h1-12,21H,13-15,23H2. The van der Waals surface area contributed by atoms with Gasteiger partial charge in [-0.25, -0.2) is 0 Å². The first kappa shape index (κ1) is 14.1. The van der Waals surface area contributed by atoms with Crippen LogP contribution in [0.15, 0.2) is 72.8 Å². The van der Waals surface area contributed by atoms with Crippen LogP contribution in [0.3, 0.4) is 0 Å². The molecule has 114 valence electrons. The molecule has 1 nitrogen and oxygen atoms in total. The summed E-state index contributed by atoms with van der Waals surface area (Å²) in [7, 11) is 0. The van der Waals surface area contributed by atoms with Crippen molar-refractivity contribution in [3.8, 4) is 0 Å². The van der Waals surface area contributed by atoms with E-state index in [0.717, 1.165) is 24.9 Å². The van der Waals surface area contributed by atoms with Gasteiger partial charge >= 0.3 is 0 Å². The van der Waals surface area contributed by atoms with Gasteiger partial charge in [0.2, 0.25) is 0 Å². The van der Waals surface area contributed by atoms with Gasteiger partial charge in [-0.3, -0.25) is 0 Å². The van der Waals surface area contributed by atoms with Gasteiger partial charge in [0.05, 0.1) is 0 Å². The molecule has 0 spiro atoms. The lowest BCUT2D eigenvalue weighted by atomic mass is 9.83. The van der Waals surface area contributed by atoms with E-state index < -0.39 is 0 Å². The Balaban J connectivity index is 1.85.